The van der Waals surface area contributed by atoms with E-state index in [-0.39, 0.29) is 11.1 Å². The van der Waals surface area contributed by atoms with Crippen molar-refractivity contribution in [3.63, 3.8) is 0 Å². The Kier molecular flexibility index (Phi) is 5.04. The zero-order chi connectivity index (χ0) is 22.2. The second kappa shape index (κ2) is 7.70. The molecule has 4 N–H and O–H groups in total. The molecule has 0 aliphatic carbocycles. The van der Waals surface area contributed by atoms with Crippen LogP contribution in [0.5, 0.6) is 23.0 Å². The van der Waals surface area contributed by atoms with Crippen molar-refractivity contribution >= 4 is 9.84 Å². The second-order valence-electron chi connectivity index (χ2n) is 6.86. The Morgan fingerprint density at radius 3 is 1.19 bits per heavy atom. The standard InChI is InChI=1S/C24H18O6S/c25-19-13-11-17(15-7-3-1-4-8-15)23(21(19)27)31(29,30)24-18(12-14-20(26)22(24)28)16-9-5-2-6-10-16/h1-14,25-28H. The van der Waals surface area contributed by atoms with Crippen LogP contribution < -0.4 is 0 Å². The normalized spacial score (nSPS) is 11.4. The van der Waals surface area contributed by atoms with Gasteiger partial charge in [-0.1, -0.05) is 60.7 Å². The van der Waals surface area contributed by atoms with E-state index in [0.717, 1.165) is 0 Å². The summed E-state index contributed by atoms with van der Waals surface area (Å²) in [6.07, 6.45) is 0. The zero-order valence-electron chi connectivity index (χ0n) is 16.1. The summed E-state index contributed by atoms with van der Waals surface area (Å²) in [5.74, 6) is -2.94. The summed E-state index contributed by atoms with van der Waals surface area (Å²) in [5, 5.41) is 41.3. The predicted molar refractivity (Wildman–Crippen MR) is 116 cm³/mol. The molecule has 0 aliphatic heterocycles. The van der Waals surface area contributed by atoms with Crippen molar-refractivity contribution < 1.29 is 28.8 Å². The number of sulfone groups is 1. The SMILES string of the molecule is O=S(=O)(c1c(-c2ccccc2)ccc(O)c1O)c1c(-c2ccccc2)ccc(O)c1O. The molecular formula is C24H18O6S. The maximum absolute atomic E-state index is 13.8. The molecule has 0 spiro atoms. The summed E-state index contributed by atoms with van der Waals surface area (Å²) in [6, 6.07) is 22.1. The lowest BCUT2D eigenvalue weighted by Crippen LogP contribution is -2.07. The number of phenolic OH excluding ortho intramolecular Hbond substituents is 4. The second-order valence-corrected chi connectivity index (χ2v) is 8.68. The maximum atomic E-state index is 13.8. The van der Waals surface area contributed by atoms with Crippen molar-refractivity contribution in [2.24, 2.45) is 0 Å². The molecule has 4 rings (SSSR count). The van der Waals surface area contributed by atoms with Gasteiger partial charge in [0.25, 0.3) is 0 Å². The molecule has 0 amide bonds. The van der Waals surface area contributed by atoms with Gasteiger partial charge in [-0.05, 0) is 35.4 Å². The quantitative estimate of drug-likeness (QED) is 0.347. The minimum Gasteiger partial charge on any atom is -0.504 e. The molecule has 4 aromatic rings. The lowest BCUT2D eigenvalue weighted by atomic mass is 10.0. The first-order chi connectivity index (χ1) is 14.8. The number of benzene rings is 4. The fourth-order valence-corrected chi connectivity index (χ4v) is 5.33. The number of phenols is 4. The fraction of sp³-hybridized carbons (Fsp3) is 0. The van der Waals surface area contributed by atoms with Gasteiger partial charge in [-0.25, -0.2) is 8.42 Å². The highest BCUT2D eigenvalue weighted by Crippen LogP contribution is 2.48. The van der Waals surface area contributed by atoms with Crippen LogP contribution in [0.3, 0.4) is 0 Å². The maximum Gasteiger partial charge on any atom is 0.215 e. The Bertz CT molecular complexity index is 1260. The minimum absolute atomic E-state index is 0.137. The van der Waals surface area contributed by atoms with Crippen molar-refractivity contribution in [2.75, 3.05) is 0 Å². The van der Waals surface area contributed by atoms with E-state index in [2.05, 4.69) is 0 Å². The summed E-state index contributed by atoms with van der Waals surface area (Å²) in [7, 11) is -4.62. The van der Waals surface area contributed by atoms with Crippen LogP contribution in [-0.4, -0.2) is 28.8 Å². The first-order valence-electron chi connectivity index (χ1n) is 9.28. The molecule has 0 saturated carbocycles. The number of hydrogen-bond donors (Lipinski definition) is 4. The summed E-state index contributed by atoms with van der Waals surface area (Å²) in [4.78, 5) is -1.14. The van der Waals surface area contributed by atoms with Crippen LogP contribution in [-0.2, 0) is 9.84 Å². The van der Waals surface area contributed by atoms with Crippen LogP contribution in [0.25, 0.3) is 22.3 Å². The van der Waals surface area contributed by atoms with Crippen molar-refractivity contribution in [1.29, 1.82) is 0 Å². The van der Waals surface area contributed by atoms with E-state index in [4.69, 9.17) is 0 Å². The van der Waals surface area contributed by atoms with Crippen LogP contribution in [0.4, 0.5) is 0 Å². The Hall–Kier alpha value is -3.97. The third-order valence-electron chi connectivity index (χ3n) is 4.93. The third kappa shape index (κ3) is 3.45. The Balaban J connectivity index is 2.09. The molecule has 6 nitrogen and oxygen atoms in total. The van der Waals surface area contributed by atoms with Crippen LogP contribution in [0.15, 0.2) is 94.7 Å². The van der Waals surface area contributed by atoms with Crippen molar-refractivity contribution in [3.8, 4) is 45.3 Å². The molecule has 0 atom stereocenters. The molecule has 0 aliphatic rings. The van der Waals surface area contributed by atoms with Crippen LogP contribution >= 0.6 is 0 Å². The van der Waals surface area contributed by atoms with Crippen molar-refractivity contribution in [2.45, 2.75) is 9.79 Å². The largest absolute Gasteiger partial charge is 0.504 e. The molecule has 7 heteroatoms. The van der Waals surface area contributed by atoms with Crippen LogP contribution in [0.2, 0.25) is 0 Å². The first-order valence-corrected chi connectivity index (χ1v) is 10.8. The van der Waals surface area contributed by atoms with Gasteiger partial charge >= 0.3 is 0 Å². The number of aromatic hydroxyl groups is 4. The lowest BCUT2D eigenvalue weighted by Gasteiger charge is -2.17. The van der Waals surface area contributed by atoms with E-state index in [1.54, 1.807) is 60.7 Å². The van der Waals surface area contributed by atoms with Gasteiger partial charge in [0.1, 0.15) is 9.79 Å². The molecule has 0 aromatic heterocycles. The van der Waals surface area contributed by atoms with Gasteiger partial charge in [0.15, 0.2) is 23.0 Å². The zero-order valence-corrected chi connectivity index (χ0v) is 16.9. The van der Waals surface area contributed by atoms with Gasteiger partial charge in [0.05, 0.1) is 0 Å². The summed E-state index contributed by atoms with van der Waals surface area (Å²) in [5.41, 5.74) is 1.24. The predicted octanol–water partition coefficient (Wildman–Crippen LogP) is 4.68. The monoisotopic (exact) mass is 434 g/mol. The van der Waals surface area contributed by atoms with E-state index in [1.807, 2.05) is 0 Å². The lowest BCUT2D eigenvalue weighted by molar-refractivity contribution is 0.390. The Morgan fingerprint density at radius 1 is 0.484 bits per heavy atom. The number of hydrogen-bond acceptors (Lipinski definition) is 6. The van der Waals surface area contributed by atoms with E-state index in [1.165, 1.54) is 24.3 Å². The summed E-state index contributed by atoms with van der Waals surface area (Å²) < 4.78 is 27.7. The highest BCUT2D eigenvalue weighted by atomic mass is 32.2. The molecule has 0 heterocycles. The molecule has 0 unspecified atom stereocenters. The van der Waals surface area contributed by atoms with E-state index in [0.29, 0.717) is 11.1 Å². The average molecular weight is 434 g/mol. The molecule has 31 heavy (non-hydrogen) atoms. The average Bonchev–Trinajstić information content (AvgIpc) is 2.78. The molecular weight excluding hydrogens is 416 g/mol. The van der Waals surface area contributed by atoms with Gasteiger partial charge in [0, 0.05) is 11.1 Å². The van der Waals surface area contributed by atoms with Crippen LogP contribution in [0.1, 0.15) is 0 Å². The Labute approximate surface area is 178 Å². The van der Waals surface area contributed by atoms with Gasteiger partial charge in [-0.3, -0.25) is 0 Å². The van der Waals surface area contributed by atoms with E-state index >= 15 is 0 Å². The molecule has 4 aromatic carbocycles. The van der Waals surface area contributed by atoms with E-state index in [9.17, 15) is 28.8 Å². The van der Waals surface area contributed by atoms with Crippen molar-refractivity contribution in [1.82, 2.24) is 0 Å². The first kappa shape index (κ1) is 20.3. The summed E-state index contributed by atoms with van der Waals surface area (Å²) in [6.45, 7) is 0. The van der Waals surface area contributed by atoms with Crippen LogP contribution in [0, 0.1) is 0 Å². The molecule has 0 bridgehead atoms. The van der Waals surface area contributed by atoms with Gasteiger partial charge in [-0.15, -0.1) is 0 Å². The fourth-order valence-electron chi connectivity index (χ4n) is 3.46. The van der Waals surface area contributed by atoms with Gasteiger partial charge in [0.2, 0.25) is 9.84 Å². The van der Waals surface area contributed by atoms with E-state index < -0.39 is 42.6 Å². The molecule has 0 fully saturated rings. The highest BCUT2D eigenvalue weighted by Gasteiger charge is 2.33. The summed E-state index contributed by atoms with van der Waals surface area (Å²) >= 11 is 0. The smallest absolute Gasteiger partial charge is 0.215 e. The van der Waals surface area contributed by atoms with Crippen molar-refractivity contribution in [3.05, 3.63) is 84.9 Å². The Morgan fingerprint density at radius 2 is 0.839 bits per heavy atom. The third-order valence-corrected chi connectivity index (χ3v) is 6.83. The highest BCUT2D eigenvalue weighted by molar-refractivity contribution is 7.92. The number of rotatable bonds is 4. The molecule has 0 saturated heterocycles. The van der Waals surface area contributed by atoms with Gasteiger partial charge < -0.3 is 20.4 Å². The minimum atomic E-state index is -4.62. The molecule has 156 valence electrons. The topological polar surface area (TPSA) is 115 Å². The molecule has 0 radical (unpaired) electrons. The van der Waals surface area contributed by atoms with Gasteiger partial charge in [-0.2, -0.15) is 0 Å².